The fourth-order valence-corrected chi connectivity index (χ4v) is 3.36. The number of hydrogen-bond donors (Lipinski definition) is 0. The minimum Gasteiger partial charge on any atom is -0.410 e. The molecule has 0 aliphatic carbocycles. The predicted octanol–water partition coefficient (Wildman–Crippen LogP) is 5.02. The molecular weight excluding hydrogens is 335 g/mol. The van der Waals surface area contributed by atoms with Crippen LogP contribution in [-0.2, 0) is 4.43 Å². The van der Waals surface area contributed by atoms with Gasteiger partial charge in [-0.1, -0.05) is 0 Å². The molecule has 0 saturated heterocycles. The van der Waals surface area contributed by atoms with E-state index in [2.05, 4.69) is 4.43 Å². The third kappa shape index (κ3) is 4.27. The first kappa shape index (κ1) is 20.5. The Balaban J connectivity index is 5.41. The fraction of sp³-hybridized carbons (Fsp3) is 1.00. The molecule has 0 aromatic carbocycles. The van der Waals surface area contributed by atoms with E-state index in [1.165, 1.54) is 6.92 Å². The van der Waals surface area contributed by atoms with Crippen molar-refractivity contribution < 1.29 is 43.9 Å². The molecule has 0 heterocycles. The minimum atomic E-state index is -5.93. The molecular formula is C10H15F9OSi. The molecule has 0 aliphatic heterocycles. The van der Waals surface area contributed by atoms with E-state index < -0.39 is 51.3 Å². The van der Waals surface area contributed by atoms with Crippen LogP contribution in [0.5, 0.6) is 0 Å². The van der Waals surface area contributed by atoms with E-state index in [1.54, 1.807) is 0 Å². The second kappa shape index (κ2) is 5.97. The third-order valence-electron chi connectivity index (χ3n) is 2.84. The first-order valence-electron chi connectivity index (χ1n) is 5.86. The van der Waals surface area contributed by atoms with Crippen LogP contribution in [-0.4, -0.2) is 38.5 Å². The Labute approximate surface area is 116 Å². The highest BCUT2D eigenvalue weighted by Gasteiger charge is 2.77. The number of halogens is 9. The van der Waals surface area contributed by atoms with Crippen molar-refractivity contribution in [2.24, 2.45) is 0 Å². The molecule has 0 saturated carbocycles. The van der Waals surface area contributed by atoms with E-state index in [1.807, 2.05) is 0 Å². The molecule has 0 atom stereocenters. The Morgan fingerprint density at radius 1 is 0.810 bits per heavy atom. The molecule has 1 nitrogen and oxygen atoms in total. The van der Waals surface area contributed by atoms with E-state index in [4.69, 9.17) is 0 Å². The molecule has 0 spiro atoms. The molecule has 11 heteroatoms. The van der Waals surface area contributed by atoms with Gasteiger partial charge < -0.3 is 4.43 Å². The second-order valence-electron chi connectivity index (χ2n) is 4.91. The van der Waals surface area contributed by atoms with Crippen molar-refractivity contribution in [3.05, 3.63) is 0 Å². The highest BCUT2D eigenvalue weighted by atomic mass is 28.4. The maximum Gasteiger partial charge on any atom is 0.389 e. The topological polar surface area (TPSA) is 9.23 Å². The van der Waals surface area contributed by atoms with Gasteiger partial charge in [0, 0.05) is 19.4 Å². The normalized spacial score (nSPS) is 15.4. The molecule has 0 aliphatic rings. The average Bonchev–Trinajstić information content (AvgIpc) is 2.24. The van der Waals surface area contributed by atoms with Crippen LogP contribution in [0, 0.1) is 0 Å². The summed E-state index contributed by atoms with van der Waals surface area (Å²) in [5.41, 5.74) is -5.23. The SMILES string of the molecule is CCO[Si](C)(C)C(F)(F)C(F)(F)C(F)(F)CCC(F)(F)F. The fourth-order valence-electron chi connectivity index (χ4n) is 1.51. The van der Waals surface area contributed by atoms with Crippen molar-refractivity contribution in [3.63, 3.8) is 0 Å². The van der Waals surface area contributed by atoms with Gasteiger partial charge in [0.15, 0.2) is 0 Å². The monoisotopic (exact) mass is 350 g/mol. The largest absolute Gasteiger partial charge is 0.410 e. The molecule has 0 aromatic heterocycles. The summed E-state index contributed by atoms with van der Waals surface area (Å²) in [6, 6.07) is 0. The summed E-state index contributed by atoms with van der Waals surface area (Å²) in [5.74, 6) is -11.4. The van der Waals surface area contributed by atoms with E-state index in [0.717, 1.165) is 0 Å². The van der Waals surface area contributed by atoms with Crippen molar-refractivity contribution in [1.82, 2.24) is 0 Å². The summed E-state index contributed by atoms with van der Waals surface area (Å²) in [6.45, 7) is 2.01. The van der Waals surface area contributed by atoms with Crippen LogP contribution >= 0.6 is 0 Å². The number of hydrogen-bond acceptors (Lipinski definition) is 1. The number of rotatable bonds is 7. The van der Waals surface area contributed by atoms with Crippen LogP contribution in [0.3, 0.4) is 0 Å². The molecule has 0 unspecified atom stereocenters. The smallest absolute Gasteiger partial charge is 0.389 e. The summed E-state index contributed by atoms with van der Waals surface area (Å²) >= 11 is 0. The zero-order chi connectivity index (χ0) is 17.3. The van der Waals surface area contributed by atoms with E-state index in [9.17, 15) is 39.5 Å². The van der Waals surface area contributed by atoms with Crippen LogP contribution in [0.15, 0.2) is 0 Å². The molecule has 21 heavy (non-hydrogen) atoms. The second-order valence-corrected chi connectivity index (χ2v) is 8.85. The molecule has 128 valence electrons. The van der Waals surface area contributed by atoms with Crippen molar-refractivity contribution in [3.8, 4) is 0 Å². The lowest BCUT2D eigenvalue weighted by Gasteiger charge is -2.40. The molecule has 0 N–H and O–H groups in total. The van der Waals surface area contributed by atoms with Gasteiger partial charge in [0.2, 0.25) is 0 Å². The van der Waals surface area contributed by atoms with Gasteiger partial charge in [0.25, 0.3) is 8.32 Å². The molecule has 0 amide bonds. The Morgan fingerprint density at radius 3 is 1.57 bits per heavy atom. The van der Waals surface area contributed by atoms with Crippen molar-refractivity contribution in [2.75, 3.05) is 6.61 Å². The summed E-state index contributed by atoms with van der Waals surface area (Å²) in [6.07, 6.45) is -9.86. The van der Waals surface area contributed by atoms with Crippen LogP contribution in [0.4, 0.5) is 39.5 Å². The van der Waals surface area contributed by atoms with E-state index >= 15 is 0 Å². The highest BCUT2D eigenvalue weighted by molar-refractivity contribution is 6.74. The lowest BCUT2D eigenvalue weighted by atomic mass is 10.1. The predicted molar refractivity (Wildman–Crippen MR) is 59.2 cm³/mol. The van der Waals surface area contributed by atoms with Crippen molar-refractivity contribution in [1.29, 1.82) is 0 Å². The third-order valence-corrected chi connectivity index (χ3v) is 5.67. The van der Waals surface area contributed by atoms with Crippen molar-refractivity contribution in [2.45, 2.75) is 56.4 Å². The Morgan fingerprint density at radius 2 is 1.24 bits per heavy atom. The van der Waals surface area contributed by atoms with E-state index in [-0.39, 0.29) is 0 Å². The van der Waals surface area contributed by atoms with Gasteiger partial charge in [0.1, 0.15) is 0 Å². The maximum atomic E-state index is 13.7. The van der Waals surface area contributed by atoms with E-state index in [0.29, 0.717) is 13.1 Å². The van der Waals surface area contributed by atoms with Gasteiger partial charge in [-0.25, -0.2) is 8.78 Å². The van der Waals surface area contributed by atoms with Crippen LogP contribution < -0.4 is 0 Å². The highest BCUT2D eigenvalue weighted by Crippen LogP contribution is 2.52. The lowest BCUT2D eigenvalue weighted by Crippen LogP contribution is -2.66. The Kier molecular flexibility index (Phi) is 5.85. The average molecular weight is 350 g/mol. The quantitative estimate of drug-likeness (QED) is 0.463. The molecule has 0 radical (unpaired) electrons. The minimum absolute atomic E-state index is 0.404. The van der Waals surface area contributed by atoms with Crippen LogP contribution in [0.1, 0.15) is 19.8 Å². The molecule has 0 rings (SSSR count). The Bertz CT molecular complexity index is 351. The van der Waals surface area contributed by atoms with Gasteiger partial charge in [-0.15, -0.1) is 0 Å². The summed E-state index contributed by atoms with van der Waals surface area (Å²) in [5, 5.41) is 0. The first-order valence-corrected chi connectivity index (χ1v) is 8.77. The van der Waals surface area contributed by atoms with Gasteiger partial charge in [0.05, 0.1) is 0 Å². The maximum absolute atomic E-state index is 13.7. The van der Waals surface area contributed by atoms with Gasteiger partial charge >= 0.3 is 23.6 Å². The summed E-state index contributed by atoms with van der Waals surface area (Å²) < 4.78 is 121. The standard InChI is InChI=1S/C10H15F9OSi/c1-4-20-21(2,3)10(18,19)9(16,17)7(11,12)5-6-8(13,14)15/h4-6H2,1-3H3. The van der Waals surface area contributed by atoms with Crippen molar-refractivity contribution >= 4 is 8.32 Å². The molecule has 0 bridgehead atoms. The van der Waals surface area contributed by atoms with Gasteiger partial charge in [-0.3, -0.25) is 0 Å². The van der Waals surface area contributed by atoms with Crippen LogP contribution in [0.2, 0.25) is 13.1 Å². The van der Waals surface area contributed by atoms with Gasteiger partial charge in [-0.05, 0) is 20.0 Å². The zero-order valence-corrected chi connectivity index (χ0v) is 12.4. The molecule has 0 aromatic rings. The zero-order valence-electron chi connectivity index (χ0n) is 11.4. The van der Waals surface area contributed by atoms with Gasteiger partial charge in [-0.2, -0.15) is 30.7 Å². The van der Waals surface area contributed by atoms with Crippen LogP contribution in [0.25, 0.3) is 0 Å². The first-order chi connectivity index (χ1) is 9.02. The Hall–Kier alpha value is -0.453. The lowest BCUT2D eigenvalue weighted by molar-refractivity contribution is -0.294. The summed E-state index contributed by atoms with van der Waals surface area (Å²) in [7, 11) is -4.60. The molecule has 0 fully saturated rings. The summed E-state index contributed by atoms with van der Waals surface area (Å²) in [4.78, 5) is 0. The number of alkyl halides is 9.